The molecule has 0 radical (unpaired) electrons. The molecule has 3 nitrogen and oxygen atoms in total. The van der Waals surface area contributed by atoms with E-state index in [0.29, 0.717) is 6.67 Å². The normalized spacial score (nSPS) is 13.2. The van der Waals surface area contributed by atoms with Gasteiger partial charge in [0.05, 0.1) is 11.4 Å². The molecule has 0 aliphatic carbocycles. The fourth-order valence-electron chi connectivity index (χ4n) is 7.59. The minimum atomic E-state index is -0.0583. The predicted octanol–water partition coefficient (Wildman–Crippen LogP) is 13.6. The van der Waals surface area contributed by atoms with Gasteiger partial charge in [0.15, 0.2) is 5.84 Å². The maximum absolute atomic E-state index is 5.75. The van der Waals surface area contributed by atoms with E-state index < -0.39 is 0 Å². The first-order chi connectivity index (χ1) is 26.6. The van der Waals surface area contributed by atoms with E-state index in [2.05, 4.69) is 227 Å². The summed E-state index contributed by atoms with van der Waals surface area (Å²) in [5.74, 6) is 0.930. The van der Waals surface area contributed by atoms with Crippen LogP contribution in [0.1, 0.15) is 58.2 Å². The molecule has 0 atom stereocenters. The third kappa shape index (κ3) is 7.23. The predicted molar refractivity (Wildman–Crippen MR) is 235 cm³/mol. The van der Waals surface area contributed by atoms with Crippen molar-refractivity contribution in [2.45, 2.75) is 52.4 Å². The van der Waals surface area contributed by atoms with E-state index in [4.69, 9.17) is 5.10 Å². The fourth-order valence-corrected chi connectivity index (χ4v) is 7.59. The summed E-state index contributed by atoms with van der Waals surface area (Å²) in [6.07, 6.45) is 0. The van der Waals surface area contributed by atoms with Crippen LogP contribution in [0.25, 0.3) is 44.5 Å². The summed E-state index contributed by atoms with van der Waals surface area (Å²) in [7, 11) is 0. The Bertz CT molecular complexity index is 2310. The number of anilines is 2. The number of nitrogens with zero attached hydrogens (tertiary/aromatic N) is 3. The average molecular weight is 716 g/mol. The molecule has 0 spiro atoms. The van der Waals surface area contributed by atoms with Crippen LogP contribution in [0.4, 0.5) is 11.4 Å². The second-order valence-corrected chi connectivity index (χ2v) is 16.6. The summed E-state index contributed by atoms with van der Waals surface area (Å²) >= 11 is 0. The largest absolute Gasteiger partial charge is 0.303 e. The summed E-state index contributed by atoms with van der Waals surface area (Å²) in [4.78, 5) is 2.47. The lowest BCUT2D eigenvalue weighted by molar-refractivity contribution is 0.568. The van der Waals surface area contributed by atoms with E-state index in [0.717, 1.165) is 45.0 Å². The van der Waals surface area contributed by atoms with Crippen molar-refractivity contribution in [1.29, 1.82) is 0 Å². The molecule has 1 heterocycles. The van der Waals surface area contributed by atoms with E-state index >= 15 is 0 Å². The smallest absolute Gasteiger partial charge is 0.162 e. The minimum Gasteiger partial charge on any atom is -0.303 e. The Morgan fingerprint density at radius 3 is 1.07 bits per heavy atom. The third-order valence-electron chi connectivity index (χ3n) is 10.6. The molecule has 0 amide bonds. The standard InChI is InChI=1S/C52H49N3/c1-51(2,3)42-33-41(34-43(35-42)52(4,5)6)50-53-55(49-46(39-25-15-9-16-26-39)31-20-32-47(49)40-27-17-10-18-28-40)36-54(50)48-44(37-21-11-7-12-22-37)29-19-30-45(48)38-23-13-8-14-24-38/h7-35H,36H2,1-6H3. The van der Waals surface area contributed by atoms with E-state index in [1.807, 2.05) is 0 Å². The van der Waals surface area contributed by atoms with Crippen LogP contribution < -0.4 is 9.91 Å². The summed E-state index contributed by atoms with van der Waals surface area (Å²) in [6.45, 7) is 14.4. The first kappa shape index (κ1) is 35.8. The summed E-state index contributed by atoms with van der Waals surface area (Å²) < 4.78 is 0. The number of benzene rings is 7. The van der Waals surface area contributed by atoms with Gasteiger partial charge in [0.25, 0.3) is 0 Å². The number of amidine groups is 1. The van der Waals surface area contributed by atoms with E-state index in [1.165, 1.54) is 33.4 Å². The van der Waals surface area contributed by atoms with Crippen LogP contribution in [0, 0.1) is 0 Å². The molecule has 1 aliphatic heterocycles. The van der Waals surface area contributed by atoms with Gasteiger partial charge in [0.2, 0.25) is 0 Å². The maximum Gasteiger partial charge on any atom is 0.162 e. The third-order valence-corrected chi connectivity index (χ3v) is 10.6. The molecule has 7 aromatic rings. The van der Waals surface area contributed by atoms with Crippen molar-refractivity contribution in [2.75, 3.05) is 16.6 Å². The van der Waals surface area contributed by atoms with Crippen molar-refractivity contribution in [3.8, 4) is 44.5 Å². The summed E-state index contributed by atoms with van der Waals surface area (Å²) in [5.41, 5.74) is 15.1. The lowest BCUT2D eigenvalue weighted by Crippen LogP contribution is -2.33. The van der Waals surface area contributed by atoms with Crippen molar-refractivity contribution in [1.82, 2.24) is 0 Å². The van der Waals surface area contributed by atoms with E-state index in [-0.39, 0.29) is 10.8 Å². The maximum atomic E-state index is 5.75. The highest BCUT2D eigenvalue weighted by Gasteiger charge is 2.34. The minimum absolute atomic E-state index is 0.0583. The SMILES string of the molecule is CC(C)(C)c1cc(C2=NN(c3c(-c4ccccc4)cccc3-c3ccccc3)CN2c2c(-c3ccccc3)cccc2-c2ccccc2)cc(C(C)(C)C)c1. The number of hydrogen-bond acceptors (Lipinski definition) is 3. The van der Waals surface area contributed by atoms with Gasteiger partial charge in [0.1, 0.15) is 6.67 Å². The van der Waals surface area contributed by atoms with Gasteiger partial charge in [-0.1, -0.05) is 205 Å². The van der Waals surface area contributed by atoms with Gasteiger partial charge in [-0.25, -0.2) is 5.01 Å². The Kier molecular flexibility index (Phi) is 9.49. The molecule has 272 valence electrons. The van der Waals surface area contributed by atoms with Crippen LogP contribution in [0.5, 0.6) is 0 Å². The lowest BCUT2D eigenvalue weighted by atomic mass is 9.79. The quantitative estimate of drug-likeness (QED) is 0.164. The monoisotopic (exact) mass is 715 g/mol. The molecule has 0 saturated heterocycles. The van der Waals surface area contributed by atoms with Crippen molar-refractivity contribution < 1.29 is 0 Å². The molecule has 0 aromatic heterocycles. The highest BCUT2D eigenvalue weighted by atomic mass is 15.6. The Morgan fingerprint density at radius 1 is 0.382 bits per heavy atom. The number of hydrazone groups is 1. The van der Waals surface area contributed by atoms with Crippen molar-refractivity contribution in [3.05, 3.63) is 193 Å². The van der Waals surface area contributed by atoms with Crippen LogP contribution in [-0.4, -0.2) is 12.5 Å². The van der Waals surface area contributed by atoms with Crippen LogP contribution in [0.2, 0.25) is 0 Å². The lowest BCUT2D eigenvalue weighted by Gasteiger charge is -2.30. The highest BCUT2D eigenvalue weighted by molar-refractivity contribution is 6.16. The molecular weight excluding hydrogens is 667 g/mol. The molecule has 0 bridgehead atoms. The highest BCUT2D eigenvalue weighted by Crippen LogP contribution is 2.46. The first-order valence-corrected chi connectivity index (χ1v) is 19.3. The van der Waals surface area contributed by atoms with Gasteiger partial charge >= 0.3 is 0 Å². The average Bonchev–Trinajstić information content (AvgIpc) is 3.66. The Hall–Kier alpha value is -6.19. The van der Waals surface area contributed by atoms with Gasteiger partial charge in [-0.05, 0) is 56.3 Å². The van der Waals surface area contributed by atoms with Gasteiger partial charge in [-0.15, -0.1) is 0 Å². The second-order valence-electron chi connectivity index (χ2n) is 16.6. The second kappa shape index (κ2) is 14.6. The summed E-state index contributed by atoms with van der Waals surface area (Å²) in [6, 6.07) is 63.5. The van der Waals surface area contributed by atoms with Crippen molar-refractivity contribution in [2.24, 2.45) is 5.10 Å². The van der Waals surface area contributed by atoms with Gasteiger partial charge in [-0.2, -0.15) is 5.10 Å². The molecule has 0 N–H and O–H groups in total. The van der Waals surface area contributed by atoms with E-state index in [9.17, 15) is 0 Å². The number of hydrogen-bond donors (Lipinski definition) is 0. The van der Waals surface area contributed by atoms with Crippen molar-refractivity contribution in [3.63, 3.8) is 0 Å². The Balaban J connectivity index is 1.44. The van der Waals surface area contributed by atoms with Crippen LogP contribution in [0.15, 0.2) is 181 Å². The molecular formula is C52H49N3. The number of rotatable bonds is 7. The van der Waals surface area contributed by atoms with Crippen LogP contribution in [-0.2, 0) is 10.8 Å². The topological polar surface area (TPSA) is 18.8 Å². The van der Waals surface area contributed by atoms with Crippen LogP contribution >= 0.6 is 0 Å². The molecule has 0 unspecified atom stereocenters. The van der Waals surface area contributed by atoms with Crippen molar-refractivity contribution >= 4 is 17.2 Å². The fraction of sp³-hybridized carbons (Fsp3) is 0.173. The Morgan fingerprint density at radius 2 is 0.727 bits per heavy atom. The molecule has 0 fully saturated rings. The number of para-hydroxylation sites is 2. The van der Waals surface area contributed by atoms with Gasteiger partial charge in [-0.3, -0.25) is 0 Å². The zero-order chi connectivity index (χ0) is 38.2. The molecule has 55 heavy (non-hydrogen) atoms. The van der Waals surface area contributed by atoms with E-state index in [1.54, 1.807) is 0 Å². The zero-order valence-electron chi connectivity index (χ0n) is 32.8. The summed E-state index contributed by atoms with van der Waals surface area (Å²) in [5, 5.41) is 8.00. The molecule has 0 saturated carbocycles. The molecule has 1 aliphatic rings. The van der Waals surface area contributed by atoms with Gasteiger partial charge < -0.3 is 4.90 Å². The molecule has 3 heteroatoms. The zero-order valence-corrected chi connectivity index (χ0v) is 32.8. The Labute approximate surface area is 327 Å². The van der Waals surface area contributed by atoms with Gasteiger partial charge in [0, 0.05) is 27.8 Å². The first-order valence-electron chi connectivity index (χ1n) is 19.3. The molecule has 8 rings (SSSR count). The van der Waals surface area contributed by atoms with Crippen LogP contribution in [0.3, 0.4) is 0 Å². The molecule has 7 aromatic carbocycles.